The molecule has 128 valence electrons. The zero-order valence-corrected chi connectivity index (χ0v) is 14.4. The first-order chi connectivity index (χ1) is 10.6. The summed E-state index contributed by atoms with van der Waals surface area (Å²) in [6.07, 6.45) is 6.71. The molecular weight excluding hydrogens is 276 g/mol. The summed E-state index contributed by atoms with van der Waals surface area (Å²) in [7, 11) is 4.34. The molecule has 0 bridgehead atoms. The lowest BCUT2D eigenvalue weighted by Crippen LogP contribution is -2.44. The van der Waals surface area contributed by atoms with Crippen molar-refractivity contribution in [2.45, 2.75) is 44.6 Å². The molecule has 22 heavy (non-hydrogen) atoms. The molecule has 2 N–H and O–H groups in total. The second-order valence-corrected chi connectivity index (χ2v) is 7.12. The van der Waals surface area contributed by atoms with E-state index >= 15 is 0 Å². The molecule has 0 unspecified atom stereocenters. The van der Waals surface area contributed by atoms with Crippen LogP contribution in [0.2, 0.25) is 0 Å². The fourth-order valence-electron chi connectivity index (χ4n) is 3.61. The van der Waals surface area contributed by atoms with Crippen LogP contribution in [0.4, 0.5) is 0 Å². The highest BCUT2D eigenvalue weighted by Crippen LogP contribution is 2.17. The van der Waals surface area contributed by atoms with Crippen LogP contribution in [-0.2, 0) is 4.79 Å². The molecule has 0 aromatic rings. The minimum absolute atomic E-state index is 0.238. The molecule has 2 aliphatic heterocycles. The number of likely N-dealkylation sites (tertiary alicyclic amines) is 1. The molecule has 2 aliphatic rings. The molecule has 0 radical (unpaired) electrons. The van der Waals surface area contributed by atoms with Gasteiger partial charge in [-0.1, -0.05) is 0 Å². The van der Waals surface area contributed by atoms with Crippen LogP contribution in [0.15, 0.2) is 0 Å². The molecule has 1 amide bonds. The van der Waals surface area contributed by atoms with Crippen LogP contribution >= 0.6 is 0 Å². The van der Waals surface area contributed by atoms with Gasteiger partial charge in [-0.15, -0.1) is 0 Å². The number of hydrogen-bond donors (Lipinski definition) is 2. The third kappa shape index (κ3) is 6.23. The Hall–Kier alpha value is -0.650. The van der Waals surface area contributed by atoms with Crippen molar-refractivity contribution in [2.24, 2.45) is 5.92 Å². The lowest BCUT2D eigenvalue weighted by atomic mass is 9.93. The average molecular weight is 310 g/mol. The normalized spacial score (nSPS) is 22.1. The molecule has 2 heterocycles. The summed E-state index contributed by atoms with van der Waals surface area (Å²) in [5, 5.41) is 6.47. The van der Waals surface area contributed by atoms with Crippen LogP contribution in [0.3, 0.4) is 0 Å². The molecule has 0 aliphatic carbocycles. The number of carbonyl (C=O) groups is 1. The number of nitrogens with zero attached hydrogens (tertiary/aromatic N) is 2. The predicted octanol–water partition coefficient (Wildman–Crippen LogP) is 0.908. The van der Waals surface area contributed by atoms with E-state index in [1.54, 1.807) is 0 Å². The Morgan fingerprint density at radius 2 is 1.86 bits per heavy atom. The first-order valence-corrected chi connectivity index (χ1v) is 9.01. The van der Waals surface area contributed by atoms with E-state index in [0.717, 1.165) is 57.6 Å². The van der Waals surface area contributed by atoms with Gasteiger partial charge in [0.05, 0.1) is 0 Å². The topological polar surface area (TPSA) is 47.6 Å². The molecule has 0 aromatic carbocycles. The maximum atomic E-state index is 11.9. The van der Waals surface area contributed by atoms with Gasteiger partial charge in [-0.25, -0.2) is 0 Å². The predicted molar refractivity (Wildman–Crippen MR) is 91.0 cm³/mol. The molecule has 2 rings (SSSR count). The molecule has 2 fully saturated rings. The van der Waals surface area contributed by atoms with Gasteiger partial charge in [0.2, 0.25) is 5.91 Å². The van der Waals surface area contributed by atoms with Crippen molar-refractivity contribution in [3.8, 4) is 0 Å². The van der Waals surface area contributed by atoms with Gasteiger partial charge in [-0.2, -0.15) is 0 Å². The van der Waals surface area contributed by atoms with E-state index in [1.165, 1.54) is 25.7 Å². The minimum Gasteiger partial charge on any atom is -0.355 e. The molecule has 0 spiro atoms. The van der Waals surface area contributed by atoms with Crippen molar-refractivity contribution >= 4 is 5.91 Å². The number of piperidine rings is 2. The standard InChI is InChI=1S/C17H34N4O/c1-20(2)16-7-12-21(13-8-16)14-11-19-17(22)4-3-15-5-9-18-10-6-15/h15-16,18H,3-14H2,1-2H3,(H,19,22). The summed E-state index contributed by atoms with van der Waals surface area (Å²) in [6, 6.07) is 0.732. The Morgan fingerprint density at radius 1 is 1.18 bits per heavy atom. The van der Waals surface area contributed by atoms with Gasteiger partial charge >= 0.3 is 0 Å². The number of nitrogens with one attached hydrogen (secondary N) is 2. The summed E-state index contributed by atoms with van der Waals surface area (Å²) in [5.41, 5.74) is 0. The summed E-state index contributed by atoms with van der Waals surface area (Å²) < 4.78 is 0. The van der Waals surface area contributed by atoms with E-state index in [9.17, 15) is 4.79 Å². The summed E-state index contributed by atoms with van der Waals surface area (Å²) in [6.45, 7) is 6.36. The van der Waals surface area contributed by atoms with E-state index in [1.807, 2.05) is 0 Å². The van der Waals surface area contributed by atoms with Crippen LogP contribution in [-0.4, -0.2) is 75.1 Å². The Kier molecular flexibility index (Phi) is 7.63. The number of amides is 1. The third-order valence-electron chi connectivity index (χ3n) is 5.28. The van der Waals surface area contributed by atoms with Crippen molar-refractivity contribution < 1.29 is 4.79 Å². The molecule has 0 atom stereocenters. The minimum atomic E-state index is 0.238. The fourth-order valence-corrected chi connectivity index (χ4v) is 3.61. The molecular formula is C17H34N4O. The van der Waals surface area contributed by atoms with E-state index in [0.29, 0.717) is 6.42 Å². The molecule has 2 saturated heterocycles. The van der Waals surface area contributed by atoms with Crippen LogP contribution in [0.5, 0.6) is 0 Å². The van der Waals surface area contributed by atoms with Gasteiger partial charge in [-0.05, 0) is 78.3 Å². The van der Waals surface area contributed by atoms with Crippen molar-refractivity contribution in [3.63, 3.8) is 0 Å². The third-order valence-corrected chi connectivity index (χ3v) is 5.28. The SMILES string of the molecule is CN(C)C1CCN(CCNC(=O)CCC2CCNCC2)CC1. The highest BCUT2D eigenvalue weighted by Gasteiger charge is 2.20. The van der Waals surface area contributed by atoms with E-state index in [4.69, 9.17) is 0 Å². The lowest BCUT2D eigenvalue weighted by molar-refractivity contribution is -0.121. The maximum absolute atomic E-state index is 11.9. The van der Waals surface area contributed by atoms with Crippen molar-refractivity contribution in [3.05, 3.63) is 0 Å². The second kappa shape index (κ2) is 9.48. The second-order valence-electron chi connectivity index (χ2n) is 7.12. The number of rotatable bonds is 7. The van der Waals surface area contributed by atoms with Crippen LogP contribution in [0.25, 0.3) is 0 Å². The average Bonchev–Trinajstić information content (AvgIpc) is 2.54. The van der Waals surface area contributed by atoms with E-state index in [-0.39, 0.29) is 5.91 Å². The van der Waals surface area contributed by atoms with Crippen LogP contribution in [0.1, 0.15) is 38.5 Å². The number of hydrogen-bond acceptors (Lipinski definition) is 4. The summed E-state index contributed by atoms with van der Waals surface area (Å²) in [5.74, 6) is 0.985. The molecule has 5 heteroatoms. The van der Waals surface area contributed by atoms with Crippen molar-refractivity contribution in [1.29, 1.82) is 0 Å². The summed E-state index contributed by atoms with van der Waals surface area (Å²) in [4.78, 5) is 16.7. The maximum Gasteiger partial charge on any atom is 0.220 e. The quantitative estimate of drug-likeness (QED) is 0.734. The Labute approximate surface area is 135 Å². The molecule has 0 aromatic heterocycles. The highest BCUT2D eigenvalue weighted by molar-refractivity contribution is 5.75. The van der Waals surface area contributed by atoms with E-state index < -0.39 is 0 Å². The van der Waals surface area contributed by atoms with Gasteiger partial charge in [-0.3, -0.25) is 4.79 Å². The number of carbonyl (C=O) groups excluding carboxylic acids is 1. The van der Waals surface area contributed by atoms with Crippen molar-refractivity contribution in [2.75, 3.05) is 53.4 Å². The fraction of sp³-hybridized carbons (Fsp3) is 0.941. The lowest BCUT2D eigenvalue weighted by Gasteiger charge is -2.35. The molecule has 0 saturated carbocycles. The van der Waals surface area contributed by atoms with Crippen LogP contribution in [0, 0.1) is 5.92 Å². The highest BCUT2D eigenvalue weighted by atomic mass is 16.1. The zero-order valence-electron chi connectivity index (χ0n) is 14.4. The van der Waals surface area contributed by atoms with Gasteiger partial charge < -0.3 is 20.4 Å². The summed E-state index contributed by atoms with van der Waals surface area (Å²) >= 11 is 0. The van der Waals surface area contributed by atoms with Gasteiger partial charge in [0.25, 0.3) is 0 Å². The van der Waals surface area contributed by atoms with E-state index in [2.05, 4.69) is 34.5 Å². The molecule has 5 nitrogen and oxygen atoms in total. The first-order valence-electron chi connectivity index (χ1n) is 9.01. The first kappa shape index (κ1) is 17.7. The van der Waals surface area contributed by atoms with Gasteiger partial charge in [0.15, 0.2) is 0 Å². The largest absolute Gasteiger partial charge is 0.355 e. The van der Waals surface area contributed by atoms with Gasteiger partial charge in [0.1, 0.15) is 0 Å². The Bertz CT molecular complexity index is 321. The monoisotopic (exact) mass is 310 g/mol. The zero-order chi connectivity index (χ0) is 15.8. The Balaban J connectivity index is 1.50. The Morgan fingerprint density at radius 3 is 2.50 bits per heavy atom. The van der Waals surface area contributed by atoms with Gasteiger partial charge in [0, 0.05) is 25.6 Å². The smallest absolute Gasteiger partial charge is 0.220 e. The van der Waals surface area contributed by atoms with Crippen molar-refractivity contribution in [1.82, 2.24) is 20.4 Å². The van der Waals surface area contributed by atoms with Crippen LogP contribution < -0.4 is 10.6 Å².